The molecule has 6 heteroatoms. The summed E-state index contributed by atoms with van der Waals surface area (Å²) in [6.07, 6.45) is 6.01. The Morgan fingerprint density at radius 1 is 1.12 bits per heavy atom. The zero-order valence-corrected chi connectivity index (χ0v) is 14.5. The quantitative estimate of drug-likeness (QED) is 0.663. The molecule has 1 fully saturated rings. The molecule has 136 valence electrons. The highest BCUT2D eigenvalue weighted by Gasteiger charge is 2.46. The van der Waals surface area contributed by atoms with Crippen LogP contribution in [0.5, 0.6) is 5.75 Å². The summed E-state index contributed by atoms with van der Waals surface area (Å²) in [6.45, 7) is 0.711. The average molecular weight is 354 g/mol. The normalized spacial score (nSPS) is 26.9. The van der Waals surface area contributed by atoms with Gasteiger partial charge in [0.05, 0.1) is 24.5 Å². The third-order valence-corrected chi connectivity index (χ3v) is 5.46. The van der Waals surface area contributed by atoms with Gasteiger partial charge >= 0.3 is 0 Å². The third-order valence-electron chi connectivity index (χ3n) is 5.46. The standard InChI is InChI=1S/C20H22N2O4/c23-18(21-16-10-12-26-17-8-4-3-7-15(16)17)9-11-22-19(24)13-5-1-2-6-14(13)20(22)25/h1-4,7-8,13-14,16H,5-6,9-12H2,(H,21,23)/t13-,14-,16-/m1/s1. The molecule has 6 nitrogen and oxygen atoms in total. The van der Waals surface area contributed by atoms with Gasteiger partial charge in [0, 0.05) is 24.9 Å². The van der Waals surface area contributed by atoms with E-state index in [9.17, 15) is 14.4 Å². The van der Waals surface area contributed by atoms with Crippen molar-refractivity contribution in [2.45, 2.75) is 31.7 Å². The monoisotopic (exact) mass is 354 g/mol. The first-order chi connectivity index (χ1) is 12.6. The Labute approximate surface area is 152 Å². The maximum Gasteiger partial charge on any atom is 0.233 e. The summed E-state index contributed by atoms with van der Waals surface area (Å²) < 4.78 is 5.60. The van der Waals surface area contributed by atoms with Gasteiger partial charge in [0.25, 0.3) is 0 Å². The first-order valence-corrected chi connectivity index (χ1v) is 9.16. The van der Waals surface area contributed by atoms with Gasteiger partial charge in [-0.05, 0) is 18.9 Å². The lowest BCUT2D eigenvalue weighted by molar-refractivity contribution is -0.140. The highest BCUT2D eigenvalue weighted by atomic mass is 16.5. The van der Waals surface area contributed by atoms with Gasteiger partial charge in [-0.3, -0.25) is 19.3 Å². The number of para-hydroxylation sites is 1. The maximum absolute atomic E-state index is 12.4. The number of rotatable bonds is 4. The molecule has 1 saturated heterocycles. The number of allylic oxidation sites excluding steroid dienone is 2. The zero-order chi connectivity index (χ0) is 18.1. The molecule has 1 N–H and O–H groups in total. The summed E-state index contributed by atoms with van der Waals surface area (Å²) in [7, 11) is 0. The van der Waals surface area contributed by atoms with E-state index in [0.717, 1.165) is 11.3 Å². The molecule has 0 radical (unpaired) electrons. The largest absolute Gasteiger partial charge is 0.493 e. The van der Waals surface area contributed by atoms with E-state index in [0.29, 0.717) is 25.9 Å². The second-order valence-corrected chi connectivity index (χ2v) is 7.03. The fourth-order valence-electron chi connectivity index (χ4n) is 4.06. The minimum Gasteiger partial charge on any atom is -0.493 e. The molecule has 0 spiro atoms. The average Bonchev–Trinajstić information content (AvgIpc) is 2.91. The van der Waals surface area contributed by atoms with Crippen LogP contribution in [0, 0.1) is 11.8 Å². The number of hydrogen-bond donors (Lipinski definition) is 1. The fourth-order valence-corrected chi connectivity index (χ4v) is 4.06. The van der Waals surface area contributed by atoms with Gasteiger partial charge < -0.3 is 10.1 Å². The molecule has 26 heavy (non-hydrogen) atoms. The Morgan fingerprint density at radius 3 is 2.54 bits per heavy atom. The Hall–Kier alpha value is -2.63. The van der Waals surface area contributed by atoms with Crippen LogP contribution in [0.1, 0.15) is 37.3 Å². The number of hydrogen-bond acceptors (Lipinski definition) is 4. The second-order valence-electron chi connectivity index (χ2n) is 7.03. The molecule has 0 aromatic heterocycles. The zero-order valence-electron chi connectivity index (χ0n) is 14.5. The van der Waals surface area contributed by atoms with Crippen molar-refractivity contribution < 1.29 is 19.1 Å². The number of fused-ring (bicyclic) bond motifs is 2. The molecule has 2 heterocycles. The van der Waals surface area contributed by atoms with Crippen LogP contribution >= 0.6 is 0 Å². The number of amides is 3. The third kappa shape index (κ3) is 3.00. The van der Waals surface area contributed by atoms with Crippen molar-refractivity contribution in [1.29, 1.82) is 0 Å². The predicted molar refractivity (Wildman–Crippen MR) is 94.1 cm³/mol. The number of carbonyl (C=O) groups excluding carboxylic acids is 3. The number of nitrogens with one attached hydrogen (secondary N) is 1. The van der Waals surface area contributed by atoms with Crippen LogP contribution in [-0.2, 0) is 14.4 Å². The number of likely N-dealkylation sites (tertiary alicyclic amines) is 1. The van der Waals surface area contributed by atoms with Crippen molar-refractivity contribution in [2.75, 3.05) is 13.2 Å². The molecule has 1 aromatic carbocycles. The van der Waals surface area contributed by atoms with E-state index >= 15 is 0 Å². The highest BCUT2D eigenvalue weighted by molar-refractivity contribution is 6.05. The van der Waals surface area contributed by atoms with Gasteiger partial charge in [-0.1, -0.05) is 30.4 Å². The van der Waals surface area contributed by atoms with E-state index in [1.54, 1.807) is 0 Å². The van der Waals surface area contributed by atoms with E-state index in [1.165, 1.54) is 4.90 Å². The highest BCUT2D eigenvalue weighted by Crippen LogP contribution is 2.35. The molecule has 1 aliphatic carbocycles. The molecule has 0 unspecified atom stereocenters. The van der Waals surface area contributed by atoms with Crippen molar-refractivity contribution in [3.05, 3.63) is 42.0 Å². The number of ether oxygens (including phenoxy) is 1. The molecule has 4 rings (SSSR count). The van der Waals surface area contributed by atoms with Crippen LogP contribution < -0.4 is 10.1 Å². The van der Waals surface area contributed by atoms with Crippen molar-refractivity contribution >= 4 is 17.7 Å². The predicted octanol–water partition coefficient (Wildman–Crippen LogP) is 1.97. The van der Waals surface area contributed by atoms with Crippen LogP contribution in [0.15, 0.2) is 36.4 Å². The Bertz CT molecular complexity index is 747. The summed E-state index contributed by atoms with van der Waals surface area (Å²) in [5.74, 6) is -0.0937. The molecule has 2 aliphatic heterocycles. The summed E-state index contributed by atoms with van der Waals surface area (Å²) in [5, 5.41) is 3.01. The number of benzene rings is 1. The van der Waals surface area contributed by atoms with Crippen LogP contribution in [0.25, 0.3) is 0 Å². The van der Waals surface area contributed by atoms with Crippen LogP contribution in [0.2, 0.25) is 0 Å². The van der Waals surface area contributed by atoms with E-state index in [4.69, 9.17) is 4.74 Å². The van der Waals surface area contributed by atoms with Crippen LogP contribution in [0.3, 0.4) is 0 Å². The van der Waals surface area contributed by atoms with Crippen molar-refractivity contribution in [1.82, 2.24) is 10.2 Å². The SMILES string of the molecule is O=C(CCN1C(=O)[C@@H]2CC=CC[C@H]2C1=O)N[C@@H]1CCOc2ccccc21. The van der Waals surface area contributed by atoms with Gasteiger partial charge in [0.15, 0.2) is 0 Å². The molecule has 3 aliphatic rings. The Kier molecular flexibility index (Phi) is 4.49. The number of carbonyl (C=O) groups is 3. The lowest BCUT2D eigenvalue weighted by Gasteiger charge is -2.26. The van der Waals surface area contributed by atoms with Gasteiger partial charge in [0.1, 0.15) is 5.75 Å². The van der Waals surface area contributed by atoms with Gasteiger partial charge in [-0.2, -0.15) is 0 Å². The minimum absolute atomic E-state index is 0.0933. The summed E-state index contributed by atoms with van der Waals surface area (Å²) >= 11 is 0. The number of nitrogens with zero attached hydrogens (tertiary/aromatic N) is 1. The van der Waals surface area contributed by atoms with E-state index in [2.05, 4.69) is 5.32 Å². The lowest BCUT2D eigenvalue weighted by atomic mass is 9.85. The fraction of sp³-hybridized carbons (Fsp3) is 0.450. The Balaban J connectivity index is 1.35. The molecular formula is C20H22N2O4. The summed E-state index contributed by atoms with van der Waals surface area (Å²) in [4.78, 5) is 38.5. The molecule has 0 saturated carbocycles. The minimum atomic E-state index is -0.238. The van der Waals surface area contributed by atoms with Gasteiger partial charge in [-0.25, -0.2) is 0 Å². The topological polar surface area (TPSA) is 75.7 Å². The first kappa shape index (κ1) is 16.8. The number of imide groups is 1. The smallest absolute Gasteiger partial charge is 0.233 e. The van der Waals surface area contributed by atoms with Crippen molar-refractivity contribution in [3.8, 4) is 5.75 Å². The van der Waals surface area contributed by atoms with Crippen LogP contribution in [-0.4, -0.2) is 35.8 Å². The first-order valence-electron chi connectivity index (χ1n) is 9.16. The van der Waals surface area contributed by atoms with Gasteiger partial charge in [0.2, 0.25) is 17.7 Å². The maximum atomic E-state index is 12.4. The molecule has 0 bridgehead atoms. The molecule has 3 amide bonds. The van der Waals surface area contributed by atoms with Gasteiger partial charge in [-0.15, -0.1) is 0 Å². The van der Waals surface area contributed by atoms with E-state index in [1.807, 2.05) is 36.4 Å². The summed E-state index contributed by atoms with van der Waals surface area (Å²) in [6, 6.07) is 7.57. The lowest BCUT2D eigenvalue weighted by Crippen LogP contribution is -2.37. The van der Waals surface area contributed by atoms with E-state index < -0.39 is 0 Å². The summed E-state index contributed by atoms with van der Waals surface area (Å²) in [5.41, 5.74) is 0.970. The molecular weight excluding hydrogens is 332 g/mol. The molecule has 1 aromatic rings. The Morgan fingerprint density at radius 2 is 1.81 bits per heavy atom. The van der Waals surface area contributed by atoms with Crippen molar-refractivity contribution in [3.63, 3.8) is 0 Å². The van der Waals surface area contributed by atoms with E-state index in [-0.39, 0.29) is 48.6 Å². The second kappa shape index (κ2) is 6.94. The van der Waals surface area contributed by atoms with Crippen LogP contribution in [0.4, 0.5) is 0 Å². The molecule has 3 atom stereocenters. The van der Waals surface area contributed by atoms with Crippen molar-refractivity contribution in [2.24, 2.45) is 11.8 Å².